The smallest absolute Gasteiger partial charge is 0.141 e. The van der Waals surface area contributed by atoms with Crippen LogP contribution < -0.4 is 10.1 Å². The maximum Gasteiger partial charge on any atom is 0.141 e. The van der Waals surface area contributed by atoms with E-state index in [4.69, 9.17) is 4.74 Å². The number of hydrogen-bond acceptors (Lipinski definition) is 2. The average Bonchev–Trinajstić information content (AvgIpc) is 2.35. The molecule has 0 bridgehead atoms. The van der Waals surface area contributed by atoms with Gasteiger partial charge in [0.25, 0.3) is 0 Å². The molecule has 0 aliphatic heterocycles. The van der Waals surface area contributed by atoms with Crippen molar-refractivity contribution in [3.63, 3.8) is 0 Å². The minimum atomic E-state index is -0.268. The lowest BCUT2D eigenvalue weighted by atomic mass is 9.77. The number of nitrogens with one attached hydrogen (secondary N) is 1. The van der Waals surface area contributed by atoms with Crippen molar-refractivity contribution >= 4 is 15.9 Å². The Balaban J connectivity index is 1.92. The Labute approximate surface area is 122 Å². The summed E-state index contributed by atoms with van der Waals surface area (Å²) in [7, 11) is 0. The molecule has 0 aromatic heterocycles. The van der Waals surface area contributed by atoms with Crippen molar-refractivity contribution in [1.82, 2.24) is 5.32 Å². The molecule has 19 heavy (non-hydrogen) atoms. The van der Waals surface area contributed by atoms with Crippen LogP contribution in [0, 0.1) is 5.82 Å². The van der Waals surface area contributed by atoms with Crippen LogP contribution >= 0.6 is 15.9 Å². The predicted molar refractivity (Wildman–Crippen MR) is 79.1 cm³/mol. The van der Waals surface area contributed by atoms with Gasteiger partial charge >= 0.3 is 0 Å². The van der Waals surface area contributed by atoms with E-state index < -0.39 is 0 Å². The summed E-state index contributed by atoms with van der Waals surface area (Å²) in [5.74, 6) is 0.368. The molecule has 1 aliphatic rings. The van der Waals surface area contributed by atoms with Gasteiger partial charge in [-0.25, -0.2) is 4.39 Å². The lowest BCUT2D eigenvalue weighted by Crippen LogP contribution is -2.45. The highest BCUT2D eigenvalue weighted by molar-refractivity contribution is 9.10. The van der Waals surface area contributed by atoms with Crippen LogP contribution in [0.1, 0.15) is 39.0 Å². The second kappa shape index (κ2) is 6.71. The van der Waals surface area contributed by atoms with E-state index in [1.807, 2.05) is 6.07 Å². The second-order valence-corrected chi connectivity index (χ2v) is 6.07. The Hall–Kier alpha value is -0.610. The zero-order chi connectivity index (χ0) is 13.7. The van der Waals surface area contributed by atoms with Crippen LogP contribution in [-0.2, 0) is 0 Å². The summed E-state index contributed by atoms with van der Waals surface area (Å²) in [6, 6.07) is 4.99. The zero-order valence-corrected chi connectivity index (χ0v) is 12.9. The first kappa shape index (κ1) is 14.8. The van der Waals surface area contributed by atoms with Gasteiger partial charge in [0.05, 0.1) is 4.47 Å². The van der Waals surface area contributed by atoms with Crippen LogP contribution in [0.5, 0.6) is 5.75 Å². The van der Waals surface area contributed by atoms with E-state index in [9.17, 15) is 4.39 Å². The molecule has 106 valence electrons. The molecule has 4 heteroatoms. The van der Waals surface area contributed by atoms with Crippen LogP contribution in [0.3, 0.4) is 0 Å². The Morgan fingerprint density at radius 1 is 1.37 bits per heavy atom. The summed E-state index contributed by atoms with van der Waals surface area (Å²) >= 11 is 3.16. The second-order valence-electron chi connectivity index (χ2n) is 5.21. The Bertz CT molecular complexity index is 421. The van der Waals surface area contributed by atoms with Crippen molar-refractivity contribution in [3.8, 4) is 5.75 Å². The molecule has 1 aliphatic carbocycles. The van der Waals surface area contributed by atoms with Gasteiger partial charge < -0.3 is 10.1 Å². The lowest BCUT2D eigenvalue weighted by Gasteiger charge is -2.42. The van der Waals surface area contributed by atoms with Crippen molar-refractivity contribution in [2.45, 2.75) is 44.6 Å². The van der Waals surface area contributed by atoms with E-state index in [-0.39, 0.29) is 11.4 Å². The van der Waals surface area contributed by atoms with Gasteiger partial charge in [0.1, 0.15) is 17.2 Å². The van der Waals surface area contributed by atoms with Gasteiger partial charge in [0.2, 0.25) is 0 Å². The minimum Gasteiger partial charge on any atom is -0.487 e. The number of ether oxygens (including phenoxy) is 1. The summed E-state index contributed by atoms with van der Waals surface area (Å²) < 4.78 is 20.0. The van der Waals surface area contributed by atoms with E-state index in [2.05, 4.69) is 28.2 Å². The molecule has 1 saturated carbocycles. The first-order valence-electron chi connectivity index (χ1n) is 7.00. The van der Waals surface area contributed by atoms with E-state index >= 15 is 0 Å². The molecule has 1 aromatic carbocycles. The lowest BCUT2D eigenvalue weighted by molar-refractivity contribution is -0.0144. The van der Waals surface area contributed by atoms with Crippen LogP contribution in [0.25, 0.3) is 0 Å². The summed E-state index contributed by atoms with van der Waals surface area (Å²) in [6.45, 7) is 4.17. The normalized spacial score (nSPS) is 17.0. The third kappa shape index (κ3) is 3.93. The van der Waals surface area contributed by atoms with Crippen LogP contribution in [0.4, 0.5) is 4.39 Å². The number of hydrogen-bond donors (Lipinski definition) is 1. The van der Waals surface area contributed by atoms with E-state index in [1.165, 1.54) is 12.5 Å². The Morgan fingerprint density at radius 2 is 2.16 bits per heavy atom. The highest BCUT2D eigenvalue weighted by Crippen LogP contribution is 2.39. The molecule has 2 nitrogen and oxygen atoms in total. The van der Waals surface area contributed by atoms with Gasteiger partial charge in [0, 0.05) is 6.07 Å². The SMILES string of the molecule is CCCNCCC1(Oc2ccc(Br)c(F)c2)CCC1. The minimum absolute atomic E-state index is 0.0823. The highest BCUT2D eigenvalue weighted by atomic mass is 79.9. The van der Waals surface area contributed by atoms with Crippen molar-refractivity contribution in [2.75, 3.05) is 13.1 Å². The summed E-state index contributed by atoms with van der Waals surface area (Å²) in [5.41, 5.74) is -0.0823. The topological polar surface area (TPSA) is 21.3 Å². The van der Waals surface area contributed by atoms with Crippen molar-refractivity contribution in [1.29, 1.82) is 0 Å². The molecular formula is C15H21BrFNO. The van der Waals surface area contributed by atoms with E-state index in [1.54, 1.807) is 6.07 Å². The number of benzene rings is 1. The number of rotatable bonds is 7. The van der Waals surface area contributed by atoms with Gasteiger partial charge in [-0.3, -0.25) is 0 Å². The van der Waals surface area contributed by atoms with Crippen molar-refractivity contribution < 1.29 is 9.13 Å². The quantitative estimate of drug-likeness (QED) is 0.754. The van der Waals surface area contributed by atoms with Gasteiger partial charge in [0.15, 0.2) is 0 Å². The standard InChI is InChI=1S/C15H21BrFNO/c1-2-9-18-10-8-15(6-3-7-15)19-12-4-5-13(16)14(17)11-12/h4-5,11,18H,2-3,6-10H2,1H3. The van der Waals surface area contributed by atoms with Gasteiger partial charge in [-0.05, 0) is 73.3 Å². The van der Waals surface area contributed by atoms with E-state index in [0.29, 0.717) is 10.2 Å². The Morgan fingerprint density at radius 3 is 2.74 bits per heavy atom. The highest BCUT2D eigenvalue weighted by Gasteiger charge is 2.38. The molecule has 0 radical (unpaired) electrons. The van der Waals surface area contributed by atoms with Crippen LogP contribution in [0.15, 0.2) is 22.7 Å². The Kier molecular flexibility index (Phi) is 5.22. The molecule has 0 amide bonds. The fourth-order valence-corrected chi connectivity index (χ4v) is 2.63. The molecule has 0 spiro atoms. The molecule has 0 saturated heterocycles. The molecule has 2 rings (SSSR count). The maximum atomic E-state index is 13.5. The van der Waals surface area contributed by atoms with Gasteiger partial charge in [-0.1, -0.05) is 6.92 Å². The van der Waals surface area contributed by atoms with E-state index in [0.717, 1.165) is 38.8 Å². The average molecular weight is 330 g/mol. The third-order valence-corrected chi connectivity index (χ3v) is 4.32. The van der Waals surface area contributed by atoms with Crippen molar-refractivity contribution in [3.05, 3.63) is 28.5 Å². The van der Waals surface area contributed by atoms with Crippen LogP contribution in [-0.4, -0.2) is 18.7 Å². The van der Waals surface area contributed by atoms with Gasteiger partial charge in [-0.2, -0.15) is 0 Å². The third-order valence-electron chi connectivity index (χ3n) is 3.67. The molecule has 0 unspecified atom stereocenters. The maximum absolute atomic E-state index is 13.5. The molecule has 0 heterocycles. The first-order chi connectivity index (χ1) is 9.15. The molecule has 1 aromatic rings. The molecular weight excluding hydrogens is 309 g/mol. The number of halogens is 2. The largest absolute Gasteiger partial charge is 0.487 e. The summed E-state index contributed by atoms with van der Waals surface area (Å²) in [4.78, 5) is 0. The summed E-state index contributed by atoms with van der Waals surface area (Å²) in [5, 5.41) is 3.40. The zero-order valence-electron chi connectivity index (χ0n) is 11.3. The van der Waals surface area contributed by atoms with Crippen molar-refractivity contribution in [2.24, 2.45) is 0 Å². The molecule has 1 fully saturated rings. The van der Waals surface area contributed by atoms with Gasteiger partial charge in [-0.15, -0.1) is 0 Å². The molecule has 0 atom stereocenters. The monoisotopic (exact) mass is 329 g/mol. The fourth-order valence-electron chi connectivity index (χ4n) is 2.38. The first-order valence-corrected chi connectivity index (χ1v) is 7.79. The fraction of sp³-hybridized carbons (Fsp3) is 0.600. The summed E-state index contributed by atoms with van der Waals surface area (Å²) in [6.07, 6.45) is 5.47. The predicted octanol–water partition coefficient (Wildman–Crippen LogP) is 4.28. The molecule has 1 N–H and O–H groups in total. The van der Waals surface area contributed by atoms with Crippen LogP contribution in [0.2, 0.25) is 0 Å².